The summed E-state index contributed by atoms with van der Waals surface area (Å²) < 4.78 is 44.2. The molecule has 0 spiro atoms. The molecule has 0 aromatic heterocycles. The van der Waals surface area contributed by atoms with E-state index in [-0.39, 0.29) is 0 Å². The van der Waals surface area contributed by atoms with E-state index < -0.39 is 41.6 Å². The Bertz CT molecular complexity index is 483. The zero-order valence-electron chi connectivity index (χ0n) is 11.7. The molecule has 3 rings (SSSR count). The Morgan fingerprint density at radius 1 is 1.27 bits per heavy atom. The van der Waals surface area contributed by atoms with Gasteiger partial charge >= 0.3 is 6.18 Å². The van der Waals surface area contributed by atoms with Gasteiger partial charge in [-0.25, -0.2) is 0 Å². The number of aliphatic hydroxyl groups excluding tert-OH is 2. The van der Waals surface area contributed by atoms with Crippen LogP contribution in [0, 0.1) is 0 Å². The van der Waals surface area contributed by atoms with Crippen LogP contribution in [0.25, 0.3) is 0 Å². The molecule has 2 saturated heterocycles. The van der Waals surface area contributed by atoms with Gasteiger partial charge in [-0.1, -0.05) is 11.8 Å². The molecule has 3 aliphatic heterocycles. The zero-order valence-corrected chi connectivity index (χ0v) is 12.5. The van der Waals surface area contributed by atoms with Crippen molar-refractivity contribution >= 4 is 16.9 Å². The molecule has 6 atom stereocenters. The first-order valence-electron chi connectivity index (χ1n) is 6.93. The van der Waals surface area contributed by atoms with Crippen molar-refractivity contribution in [2.45, 2.75) is 54.9 Å². The van der Waals surface area contributed by atoms with E-state index in [1.807, 2.05) is 4.90 Å². The van der Waals surface area contributed by atoms with Gasteiger partial charge in [0.15, 0.2) is 10.8 Å². The molecular formula is C12H17F3N2O4S. The van der Waals surface area contributed by atoms with Crippen LogP contribution >= 0.6 is 11.8 Å². The smallest absolute Gasteiger partial charge is 0.388 e. The largest absolute Gasteiger partial charge is 0.419 e. The van der Waals surface area contributed by atoms with E-state index in [9.17, 15) is 28.5 Å². The number of rotatable bonds is 1. The number of alkyl halides is 3. The number of ether oxygens (including phenoxy) is 1. The molecular weight excluding hydrogens is 325 g/mol. The summed E-state index contributed by atoms with van der Waals surface area (Å²) in [5.41, 5.74) is -4.12. The van der Waals surface area contributed by atoms with E-state index in [2.05, 4.69) is 4.99 Å². The molecule has 0 aromatic rings. The summed E-state index contributed by atoms with van der Waals surface area (Å²) in [6.07, 6.45) is -9.36. The van der Waals surface area contributed by atoms with Crippen molar-refractivity contribution in [3.8, 4) is 0 Å². The topological polar surface area (TPSA) is 85.5 Å². The fourth-order valence-corrected chi connectivity index (χ4v) is 3.89. The van der Waals surface area contributed by atoms with E-state index in [1.54, 1.807) is 0 Å². The highest BCUT2D eigenvalue weighted by Gasteiger charge is 2.63. The molecule has 3 heterocycles. The minimum Gasteiger partial charge on any atom is -0.388 e. The first kappa shape index (κ1) is 16.3. The van der Waals surface area contributed by atoms with Crippen LogP contribution in [0.3, 0.4) is 0 Å². The van der Waals surface area contributed by atoms with Gasteiger partial charge < -0.3 is 25.0 Å². The van der Waals surface area contributed by atoms with Gasteiger partial charge in [0.2, 0.25) is 0 Å². The SMILES string of the molecule is C[C@](O)([C@H]1O[C@@H]2SC(N3CCC3)=N[C@@H]2[C@@H](O)[C@@H]1O)C(F)(F)F. The normalized spacial score (nSPS) is 41.5. The number of thioether (sulfide) groups is 1. The first-order valence-corrected chi connectivity index (χ1v) is 7.81. The average molecular weight is 342 g/mol. The maximum absolute atomic E-state index is 13.0. The van der Waals surface area contributed by atoms with Gasteiger partial charge in [0.25, 0.3) is 0 Å². The molecule has 3 aliphatic rings. The lowest BCUT2D eigenvalue weighted by Crippen LogP contribution is -2.66. The van der Waals surface area contributed by atoms with Gasteiger partial charge in [-0.15, -0.1) is 0 Å². The van der Waals surface area contributed by atoms with Crippen molar-refractivity contribution in [3.05, 3.63) is 0 Å². The third kappa shape index (κ3) is 2.41. The first-order chi connectivity index (χ1) is 10.1. The third-order valence-electron chi connectivity index (χ3n) is 4.31. The third-order valence-corrected chi connectivity index (χ3v) is 5.50. The lowest BCUT2D eigenvalue weighted by Gasteiger charge is -2.44. The fourth-order valence-electron chi connectivity index (χ4n) is 2.63. The van der Waals surface area contributed by atoms with Crippen molar-refractivity contribution in [3.63, 3.8) is 0 Å². The van der Waals surface area contributed by atoms with Crippen LogP contribution in [0.5, 0.6) is 0 Å². The van der Waals surface area contributed by atoms with Crippen LogP contribution in [0.4, 0.5) is 13.2 Å². The summed E-state index contributed by atoms with van der Waals surface area (Å²) in [5, 5.41) is 30.4. The molecule has 2 fully saturated rings. The fraction of sp³-hybridized carbons (Fsp3) is 0.917. The molecule has 126 valence electrons. The number of aliphatic hydroxyl groups is 3. The average Bonchev–Trinajstić information content (AvgIpc) is 2.73. The second-order valence-corrected chi connectivity index (χ2v) is 6.98. The molecule has 0 saturated carbocycles. The quantitative estimate of drug-likeness (QED) is 0.618. The lowest BCUT2D eigenvalue weighted by molar-refractivity contribution is -0.317. The van der Waals surface area contributed by atoms with Gasteiger partial charge in [-0.3, -0.25) is 4.99 Å². The second-order valence-electron chi connectivity index (χ2n) is 5.91. The van der Waals surface area contributed by atoms with Crippen molar-refractivity contribution in [1.82, 2.24) is 4.90 Å². The van der Waals surface area contributed by atoms with E-state index >= 15 is 0 Å². The highest BCUT2D eigenvalue weighted by molar-refractivity contribution is 8.14. The number of nitrogens with zero attached hydrogens (tertiary/aromatic N) is 2. The molecule has 0 aliphatic carbocycles. The Morgan fingerprint density at radius 2 is 1.91 bits per heavy atom. The highest BCUT2D eigenvalue weighted by atomic mass is 32.2. The Kier molecular flexibility index (Phi) is 3.88. The Morgan fingerprint density at radius 3 is 2.41 bits per heavy atom. The van der Waals surface area contributed by atoms with E-state index in [1.165, 1.54) is 0 Å². The molecule has 3 N–H and O–H groups in total. The maximum atomic E-state index is 13.0. The molecule has 0 aromatic carbocycles. The van der Waals surface area contributed by atoms with E-state index in [0.29, 0.717) is 12.1 Å². The molecule has 0 radical (unpaired) electrons. The molecule has 0 bridgehead atoms. The van der Waals surface area contributed by atoms with Gasteiger partial charge in [-0.2, -0.15) is 13.2 Å². The number of amidine groups is 1. The van der Waals surface area contributed by atoms with Crippen LogP contribution in [0.2, 0.25) is 0 Å². The van der Waals surface area contributed by atoms with Gasteiger partial charge in [0.05, 0.1) is 0 Å². The van der Waals surface area contributed by atoms with E-state index in [0.717, 1.165) is 31.3 Å². The van der Waals surface area contributed by atoms with Crippen molar-refractivity contribution in [2.75, 3.05) is 13.1 Å². The van der Waals surface area contributed by atoms with Crippen molar-refractivity contribution < 1.29 is 33.2 Å². The van der Waals surface area contributed by atoms with Crippen LogP contribution in [0.1, 0.15) is 13.3 Å². The summed E-state index contributed by atoms with van der Waals surface area (Å²) in [6.45, 7) is 2.13. The summed E-state index contributed by atoms with van der Waals surface area (Å²) in [5.74, 6) is 0. The Balaban J connectivity index is 1.80. The number of hydrogen-bond donors (Lipinski definition) is 3. The minimum atomic E-state index is -4.99. The van der Waals surface area contributed by atoms with Crippen molar-refractivity contribution in [1.29, 1.82) is 0 Å². The molecule has 6 nitrogen and oxygen atoms in total. The molecule has 0 unspecified atom stereocenters. The standard InChI is InChI=1S/C12H17F3N2O4S/c1-11(20,12(13,14)15)8-7(19)6(18)5-9(21-8)22-10(16-5)17-3-2-4-17/h5-9,18-20H,2-4H2,1H3/t5-,6-,7+,8+,9-,11+/m1/s1. The van der Waals surface area contributed by atoms with E-state index in [4.69, 9.17) is 4.74 Å². The monoisotopic (exact) mass is 342 g/mol. The summed E-state index contributed by atoms with van der Waals surface area (Å²) in [6, 6.07) is -0.837. The number of halogens is 3. The van der Waals surface area contributed by atoms with Gasteiger partial charge in [0, 0.05) is 13.1 Å². The van der Waals surface area contributed by atoms with Gasteiger partial charge in [-0.05, 0) is 13.3 Å². The maximum Gasteiger partial charge on any atom is 0.419 e. The summed E-state index contributed by atoms with van der Waals surface area (Å²) >= 11 is 1.12. The minimum absolute atomic E-state index is 0.532. The second kappa shape index (κ2) is 5.23. The lowest BCUT2D eigenvalue weighted by atomic mass is 9.87. The number of fused-ring (bicyclic) bond motifs is 1. The Labute approximate surface area is 129 Å². The van der Waals surface area contributed by atoms with Gasteiger partial charge in [0.1, 0.15) is 29.8 Å². The molecule has 0 amide bonds. The highest BCUT2D eigenvalue weighted by Crippen LogP contribution is 2.44. The predicted molar refractivity (Wildman–Crippen MR) is 72.4 cm³/mol. The Hall–Kier alpha value is -0.550. The predicted octanol–water partition coefficient (Wildman–Crippen LogP) is -0.0765. The number of aliphatic imine (C=N–C) groups is 1. The summed E-state index contributed by atoms with van der Waals surface area (Å²) in [7, 11) is 0. The zero-order chi connectivity index (χ0) is 16.3. The van der Waals surface area contributed by atoms with Crippen LogP contribution in [0.15, 0.2) is 4.99 Å². The number of likely N-dealkylation sites (tertiary alicyclic amines) is 1. The van der Waals surface area contributed by atoms with Crippen molar-refractivity contribution in [2.24, 2.45) is 4.99 Å². The molecule has 10 heteroatoms. The number of hydrogen-bond acceptors (Lipinski definition) is 7. The van der Waals surface area contributed by atoms with Crippen LogP contribution in [-0.4, -0.2) is 80.0 Å². The molecule has 22 heavy (non-hydrogen) atoms. The van der Waals surface area contributed by atoms with Crippen LogP contribution < -0.4 is 0 Å². The summed E-state index contributed by atoms with van der Waals surface area (Å²) in [4.78, 5) is 6.18. The van der Waals surface area contributed by atoms with Crippen LogP contribution in [-0.2, 0) is 4.74 Å².